The van der Waals surface area contributed by atoms with Crippen molar-refractivity contribution in [2.45, 2.75) is 6.92 Å². The number of carbonyl (C=O) groups excluding carboxylic acids is 1. The lowest BCUT2D eigenvalue weighted by Gasteiger charge is -2.20. The van der Waals surface area contributed by atoms with E-state index in [0.717, 1.165) is 0 Å². The molecule has 1 aliphatic rings. The summed E-state index contributed by atoms with van der Waals surface area (Å²) >= 11 is 0. The molecule has 1 fully saturated rings. The number of rotatable bonds is 5. The molecular weight excluding hydrogens is 302 g/mol. The Hall–Kier alpha value is -2.44. The number of methoxy groups -OCH3 is 3. The minimum absolute atomic E-state index is 0.0948. The first-order chi connectivity index (χ1) is 10.9. The zero-order valence-corrected chi connectivity index (χ0v) is 13.7. The first-order valence-electron chi connectivity index (χ1n) is 7.25. The Morgan fingerprint density at radius 3 is 2.22 bits per heavy atom. The van der Waals surface area contributed by atoms with Gasteiger partial charge in [-0.05, 0) is 18.1 Å². The van der Waals surface area contributed by atoms with Crippen LogP contribution in [0.2, 0.25) is 0 Å². The molecule has 1 amide bonds. The van der Waals surface area contributed by atoms with Gasteiger partial charge in [0.15, 0.2) is 11.5 Å². The summed E-state index contributed by atoms with van der Waals surface area (Å²) in [4.78, 5) is 25.5. The summed E-state index contributed by atoms with van der Waals surface area (Å²) in [6.07, 6.45) is 0. The quantitative estimate of drug-likeness (QED) is 0.884. The maximum absolute atomic E-state index is 12.8. The Labute approximate surface area is 134 Å². The molecule has 0 aromatic heterocycles. The number of carboxylic acids is 1. The highest BCUT2D eigenvalue weighted by atomic mass is 16.5. The lowest BCUT2D eigenvalue weighted by atomic mass is 9.99. The molecule has 2 atom stereocenters. The SMILES string of the molecule is COc1ccc(C(=O)N2C[C@@H](C)[C@H](C(=O)O)C2)c(OC)c1OC. The number of carboxylic acid groups (broad SMARTS) is 1. The van der Waals surface area contributed by atoms with Crippen molar-refractivity contribution in [2.75, 3.05) is 34.4 Å². The van der Waals surface area contributed by atoms with Crippen molar-refractivity contribution in [2.24, 2.45) is 11.8 Å². The fraction of sp³-hybridized carbons (Fsp3) is 0.500. The van der Waals surface area contributed by atoms with Crippen molar-refractivity contribution >= 4 is 11.9 Å². The summed E-state index contributed by atoms with van der Waals surface area (Å²) in [6.45, 7) is 2.41. The van der Waals surface area contributed by atoms with Gasteiger partial charge in [-0.1, -0.05) is 6.92 Å². The van der Waals surface area contributed by atoms with Gasteiger partial charge in [-0.3, -0.25) is 9.59 Å². The zero-order chi connectivity index (χ0) is 17.1. The Balaban J connectivity index is 2.35. The first kappa shape index (κ1) is 16.9. The Morgan fingerprint density at radius 1 is 1.09 bits per heavy atom. The van der Waals surface area contributed by atoms with Crippen LogP contribution < -0.4 is 14.2 Å². The van der Waals surface area contributed by atoms with E-state index in [1.807, 2.05) is 6.92 Å². The lowest BCUT2D eigenvalue weighted by molar-refractivity contribution is -0.142. The van der Waals surface area contributed by atoms with Crippen LogP contribution in [-0.4, -0.2) is 56.3 Å². The minimum atomic E-state index is -0.882. The molecule has 23 heavy (non-hydrogen) atoms. The van der Waals surface area contributed by atoms with Crippen molar-refractivity contribution in [3.63, 3.8) is 0 Å². The normalized spacial score (nSPS) is 20.3. The number of nitrogens with zero attached hydrogens (tertiary/aromatic N) is 1. The number of carbonyl (C=O) groups is 2. The third-order valence-corrected chi connectivity index (χ3v) is 4.15. The highest BCUT2D eigenvalue weighted by Crippen LogP contribution is 2.40. The summed E-state index contributed by atoms with van der Waals surface area (Å²) in [5, 5.41) is 9.21. The lowest BCUT2D eigenvalue weighted by Crippen LogP contribution is -2.30. The van der Waals surface area contributed by atoms with E-state index in [2.05, 4.69) is 0 Å². The molecule has 0 saturated carbocycles. The van der Waals surface area contributed by atoms with Gasteiger partial charge in [0.1, 0.15) is 0 Å². The average molecular weight is 323 g/mol. The van der Waals surface area contributed by atoms with Crippen molar-refractivity contribution < 1.29 is 28.9 Å². The summed E-state index contributed by atoms with van der Waals surface area (Å²) in [5.74, 6) is -0.733. The first-order valence-corrected chi connectivity index (χ1v) is 7.25. The molecule has 0 spiro atoms. The molecule has 1 aliphatic heterocycles. The molecule has 7 heteroatoms. The van der Waals surface area contributed by atoms with Gasteiger partial charge in [-0.25, -0.2) is 0 Å². The molecule has 0 aliphatic carbocycles. The van der Waals surface area contributed by atoms with E-state index in [9.17, 15) is 14.7 Å². The van der Waals surface area contributed by atoms with E-state index in [1.165, 1.54) is 26.2 Å². The number of amides is 1. The van der Waals surface area contributed by atoms with Crippen molar-refractivity contribution in [1.29, 1.82) is 0 Å². The Kier molecular flexibility index (Phi) is 4.98. The molecule has 0 radical (unpaired) electrons. The van der Waals surface area contributed by atoms with Crippen LogP contribution in [0.5, 0.6) is 17.2 Å². The number of ether oxygens (including phenoxy) is 3. The highest BCUT2D eigenvalue weighted by Gasteiger charge is 2.38. The molecule has 1 aromatic rings. The van der Waals surface area contributed by atoms with Gasteiger partial charge < -0.3 is 24.2 Å². The third-order valence-electron chi connectivity index (χ3n) is 4.15. The van der Waals surface area contributed by atoms with Gasteiger partial charge >= 0.3 is 5.97 Å². The van der Waals surface area contributed by atoms with Crippen LogP contribution in [0, 0.1) is 11.8 Å². The Bertz CT molecular complexity index is 615. The summed E-state index contributed by atoms with van der Waals surface area (Å²) < 4.78 is 15.8. The molecule has 2 rings (SSSR count). The predicted octanol–water partition coefficient (Wildman–Crippen LogP) is 1.51. The second kappa shape index (κ2) is 6.76. The molecule has 1 heterocycles. The van der Waals surface area contributed by atoms with Crippen LogP contribution in [0.15, 0.2) is 12.1 Å². The fourth-order valence-corrected chi connectivity index (χ4v) is 2.89. The molecule has 1 aromatic carbocycles. The number of hydrogen-bond acceptors (Lipinski definition) is 5. The molecule has 0 unspecified atom stereocenters. The van der Waals surface area contributed by atoms with E-state index >= 15 is 0 Å². The second-order valence-electron chi connectivity index (χ2n) is 5.51. The molecule has 1 saturated heterocycles. The van der Waals surface area contributed by atoms with Crippen LogP contribution in [0.1, 0.15) is 17.3 Å². The maximum atomic E-state index is 12.8. The van der Waals surface area contributed by atoms with Crippen molar-refractivity contribution in [3.8, 4) is 17.2 Å². The van der Waals surface area contributed by atoms with Crippen LogP contribution in [0.4, 0.5) is 0 Å². The fourth-order valence-electron chi connectivity index (χ4n) is 2.89. The standard InChI is InChI=1S/C16H21NO6/c1-9-7-17(8-11(9)16(19)20)15(18)10-5-6-12(21-2)14(23-4)13(10)22-3/h5-6,9,11H,7-8H2,1-4H3,(H,19,20)/t9-,11-/m1/s1. The minimum Gasteiger partial charge on any atom is -0.493 e. The average Bonchev–Trinajstić information content (AvgIpc) is 2.94. The highest BCUT2D eigenvalue weighted by molar-refractivity contribution is 5.98. The number of benzene rings is 1. The van der Waals surface area contributed by atoms with Crippen LogP contribution in [0.25, 0.3) is 0 Å². The molecular formula is C16H21NO6. The van der Waals surface area contributed by atoms with E-state index < -0.39 is 11.9 Å². The van der Waals surface area contributed by atoms with E-state index in [1.54, 1.807) is 12.1 Å². The van der Waals surface area contributed by atoms with Crippen molar-refractivity contribution in [3.05, 3.63) is 17.7 Å². The number of likely N-dealkylation sites (tertiary alicyclic amines) is 1. The zero-order valence-electron chi connectivity index (χ0n) is 13.7. The predicted molar refractivity (Wildman–Crippen MR) is 82.3 cm³/mol. The van der Waals surface area contributed by atoms with E-state index in [4.69, 9.17) is 14.2 Å². The van der Waals surface area contributed by atoms with Crippen LogP contribution >= 0.6 is 0 Å². The van der Waals surface area contributed by atoms with E-state index in [0.29, 0.717) is 23.6 Å². The topological polar surface area (TPSA) is 85.3 Å². The molecule has 7 nitrogen and oxygen atoms in total. The van der Waals surface area contributed by atoms with Crippen LogP contribution in [-0.2, 0) is 4.79 Å². The van der Waals surface area contributed by atoms with Gasteiger partial charge in [-0.15, -0.1) is 0 Å². The van der Waals surface area contributed by atoms with E-state index in [-0.39, 0.29) is 24.1 Å². The van der Waals surface area contributed by atoms with Gasteiger partial charge in [0.05, 0.1) is 32.8 Å². The monoisotopic (exact) mass is 323 g/mol. The third kappa shape index (κ3) is 3.04. The summed E-state index contributed by atoms with van der Waals surface area (Å²) in [5.41, 5.74) is 0.323. The van der Waals surface area contributed by atoms with Gasteiger partial charge in [0, 0.05) is 13.1 Å². The Morgan fingerprint density at radius 2 is 1.74 bits per heavy atom. The molecule has 0 bridgehead atoms. The smallest absolute Gasteiger partial charge is 0.308 e. The molecule has 1 N–H and O–H groups in total. The maximum Gasteiger partial charge on any atom is 0.308 e. The van der Waals surface area contributed by atoms with Gasteiger partial charge in [0.2, 0.25) is 5.75 Å². The summed E-state index contributed by atoms with van der Waals surface area (Å²) in [7, 11) is 4.41. The van der Waals surface area contributed by atoms with Crippen LogP contribution in [0.3, 0.4) is 0 Å². The molecule has 126 valence electrons. The second-order valence-corrected chi connectivity index (χ2v) is 5.51. The summed E-state index contributed by atoms with van der Waals surface area (Å²) in [6, 6.07) is 3.23. The number of hydrogen-bond donors (Lipinski definition) is 1. The van der Waals surface area contributed by atoms with Crippen molar-refractivity contribution in [1.82, 2.24) is 4.90 Å². The largest absolute Gasteiger partial charge is 0.493 e. The number of aliphatic carboxylic acids is 1. The van der Waals surface area contributed by atoms with Gasteiger partial charge in [-0.2, -0.15) is 0 Å². The van der Waals surface area contributed by atoms with Gasteiger partial charge in [0.25, 0.3) is 5.91 Å².